The second kappa shape index (κ2) is 9.61. The van der Waals surface area contributed by atoms with Crippen LogP contribution in [0.15, 0.2) is 97.1 Å². The van der Waals surface area contributed by atoms with E-state index >= 15 is 0 Å². The highest BCUT2D eigenvalue weighted by Crippen LogP contribution is 2.21. The molecule has 0 aliphatic rings. The van der Waals surface area contributed by atoms with Crippen molar-refractivity contribution >= 4 is 16.7 Å². The number of amides is 1. The smallest absolute Gasteiger partial charge is 0.255 e. The summed E-state index contributed by atoms with van der Waals surface area (Å²) >= 11 is 0. The van der Waals surface area contributed by atoms with Gasteiger partial charge < -0.3 is 14.8 Å². The molecule has 0 aliphatic heterocycles. The van der Waals surface area contributed by atoms with Crippen LogP contribution in [-0.2, 0) is 6.61 Å². The van der Waals surface area contributed by atoms with E-state index in [-0.39, 0.29) is 5.91 Å². The van der Waals surface area contributed by atoms with Gasteiger partial charge in [-0.2, -0.15) is 0 Å². The minimum absolute atomic E-state index is 0.180. The number of para-hydroxylation sites is 1. The fraction of sp³-hybridized carbons (Fsp3) is 0.115. The Kier molecular flexibility index (Phi) is 6.25. The van der Waals surface area contributed by atoms with Gasteiger partial charge in [-0.1, -0.05) is 72.8 Å². The maximum atomic E-state index is 12.6. The Labute approximate surface area is 176 Å². The Bertz CT molecular complexity index is 1130. The third-order valence-corrected chi connectivity index (χ3v) is 4.75. The molecule has 150 valence electrons. The lowest BCUT2D eigenvalue weighted by molar-refractivity contribution is 0.0942. The third-order valence-electron chi connectivity index (χ3n) is 4.75. The average molecular weight is 397 g/mol. The summed E-state index contributed by atoms with van der Waals surface area (Å²) in [7, 11) is 0. The SMILES string of the molecule is O=C(NCCOc1ccc2ccccc2c1)c1ccccc1OCc1ccccc1. The van der Waals surface area contributed by atoms with Crippen molar-refractivity contribution in [2.75, 3.05) is 13.2 Å². The van der Waals surface area contributed by atoms with E-state index in [1.807, 2.05) is 78.9 Å². The van der Waals surface area contributed by atoms with Gasteiger partial charge in [0.2, 0.25) is 0 Å². The van der Waals surface area contributed by atoms with Gasteiger partial charge in [-0.05, 0) is 40.6 Å². The van der Waals surface area contributed by atoms with Crippen molar-refractivity contribution in [3.8, 4) is 11.5 Å². The number of nitrogens with one attached hydrogen (secondary N) is 1. The van der Waals surface area contributed by atoms with E-state index in [0.29, 0.717) is 31.1 Å². The fourth-order valence-electron chi connectivity index (χ4n) is 3.20. The molecule has 0 radical (unpaired) electrons. The number of fused-ring (bicyclic) bond motifs is 1. The predicted molar refractivity (Wildman–Crippen MR) is 119 cm³/mol. The highest BCUT2D eigenvalue weighted by atomic mass is 16.5. The zero-order valence-electron chi connectivity index (χ0n) is 16.6. The van der Waals surface area contributed by atoms with Gasteiger partial charge in [0.1, 0.15) is 24.7 Å². The molecule has 0 fully saturated rings. The highest BCUT2D eigenvalue weighted by molar-refractivity contribution is 5.96. The summed E-state index contributed by atoms with van der Waals surface area (Å²) in [5.74, 6) is 1.17. The molecule has 1 N–H and O–H groups in total. The van der Waals surface area contributed by atoms with Crippen molar-refractivity contribution in [3.63, 3.8) is 0 Å². The molecule has 0 heterocycles. The lowest BCUT2D eigenvalue weighted by Crippen LogP contribution is -2.28. The molecule has 0 bridgehead atoms. The van der Waals surface area contributed by atoms with Crippen LogP contribution in [0, 0.1) is 0 Å². The second-order valence-electron chi connectivity index (χ2n) is 6.88. The topological polar surface area (TPSA) is 47.6 Å². The van der Waals surface area contributed by atoms with Crippen LogP contribution < -0.4 is 14.8 Å². The molecule has 0 unspecified atom stereocenters. The van der Waals surface area contributed by atoms with Crippen LogP contribution in [-0.4, -0.2) is 19.1 Å². The van der Waals surface area contributed by atoms with Crippen molar-refractivity contribution in [1.82, 2.24) is 5.32 Å². The van der Waals surface area contributed by atoms with E-state index in [4.69, 9.17) is 9.47 Å². The number of benzene rings is 4. The van der Waals surface area contributed by atoms with Gasteiger partial charge in [-0.3, -0.25) is 4.79 Å². The Morgan fingerprint density at radius 2 is 1.47 bits per heavy atom. The molecule has 4 aromatic carbocycles. The van der Waals surface area contributed by atoms with Gasteiger partial charge in [-0.15, -0.1) is 0 Å². The molecular formula is C26H23NO3. The number of hydrogen-bond donors (Lipinski definition) is 1. The molecule has 4 aromatic rings. The molecule has 1 amide bonds. The first-order valence-corrected chi connectivity index (χ1v) is 9.95. The summed E-state index contributed by atoms with van der Waals surface area (Å²) in [6, 6.07) is 31.3. The monoisotopic (exact) mass is 397 g/mol. The van der Waals surface area contributed by atoms with Crippen LogP contribution in [0.5, 0.6) is 11.5 Å². The number of hydrogen-bond acceptors (Lipinski definition) is 3. The van der Waals surface area contributed by atoms with Gasteiger partial charge in [0, 0.05) is 0 Å². The molecule has 0 aliphatic carbocycles. The van der Waals surface area contributed by atoms with Crippen molar-refractivity contribution in [1.29, 1.82) is 0 Å². The van der Waals surface area contributed by atoms with Crippen molar-refractivity contribution < 1.29 is 14.3 Å². The molecule has 0 saturated heterocycles. The number of ether oxygens (including phenoxy) is 2. The van der Waals surface area contributed by atoms with Gasteiger partial charge in [0.15, 0.2) is 0 Å². The summed E-state index contributed by atoms with van der Waals surface area (Å²) < 4.78 is 11.7. The quantitative estimate of drug-likeness (QED) is 0.414. The van der Waals surface area contributed by atoms with Crippen molar-refractivity contribution in [2.45, 2.75) is 6.61 Å². The molecule has 0 saturated carbocycles. The van der Waals surface area contributed by atoms with E-state index in [0.717, 1.165) is 16.7 Å². The van der Waals surface area contributed by atoms with Crippen LogP contribution in [0.25, 0.3) is 10.8 Å². The molecule has 0 aromatic heterocycles. The average Bonchev–Trinajstić information content (AvgIpc) is 2.81. The van der Waals surface area contributed by atoms with Crippen molar-refractivity contribution in [3.05, 3.63) is 108 Å². The zero-order valence-corrected chi connectivity index (χ0v) is 16.6. The first kappa shape index (κ1) is 19.5. The summed E-state index contributed by atoms with van der Waals surface area (Å²) in [4.78, 5) is 12.6. The van der Waals surface area contributed by atoms with Crippen LogP contribution in [0.2, 0.25) is 0 Å². The van der Waals surface area contributed by atoms with Gasteiger partial charge in [0.25, 0.3) is 5.91 Å². The normalized spacial score (nSPS) is 10.5. The van der Waals surface area contributed by atoms with E-state index in [1.54, 1.807) is 6.07 Å². The molecular weight excluding hydrogens is 374 g/mol. The standard InChI is InChI=1S/C26H23NO3/c28-26(24-12-6-7-13-25(24)30-19-20-8-2-1-3-9-20)27-16-17-29-23-15-14-21-10-4-5-11-22(21)18-23/h1-15,18H,16-17,19H2,(H,27,28). The molecule has 30 heavy (non-hydrogen) atoms. The zero-order chi connectivity index (χ0) is 20.6. The minimum atomic E-state index is -0.180. The number of carbonyl (C=O) groups excluding carboxylic acids is 1. The molecule has 0 atom stereocenters. The Balaban J connectivity index is 1.30. The number of carbonyl (C=O) groups is 1. The van der Waals surface area contributed by atoms with E-state index in [1.165, 1.54) is 5.39 Å². The van der Waals surface area contributed by atoms with Crippen LogP contribution >= 0.6 is 0 Å². The third kappa shape index (κ3) is 4.97. The molecule has 4 heteroatoms. The summed E-state index contributed by atoms with van der Waals surface area (Å²) in [6.07, 6.45) is 0. The van der Waals surface area contributed by atoms with E-state index in [9.17, 15) is 4.79 Å². The first-order chi connectivity index (χ1) is 14.8. The molecule has 4 nitrogen and oxygen atoms in total. The molecule has 4 rings (SSSR count). The fourth-order valence-corrected chi connectivity index (χ4v) is 3.20. The summed E-state index contributed by atoms with van der Waals surface area (Å²) in [5, 5.41) is 5.20. The summed E-state index contributed by atoms with van der Waals surface area (Å²) in [6.45, 7) is 1.20. The Hall–Kier alpha value is -3.79. The summed E-state index contributed by atoms with van der Waals surface area (Å²) in [5.41, 5.74) is 1.57. The van der Waals surface area contributed by atoms with Gasteiger partial charge >= 0.3 is 0 Å². The van der Waals surface area contributed by atoms with Crippen LogP contribution in [0.4, 0.5) is 0 Å². The second-order valence-corrected chi connectivity index (χ2v) is 6.88. The maximum absolute atomic E-state index is 12.6. The highest BCUT2D eigenvalue weighted by Gasteiger charge is 2.12. The largest absolute Gasteiger partial charge is 0.492 e. The Morgan fingerprint density at radius 3 is 2.33 bits per heavy atom. The van der Waals surface area contributed by atoms with Gasteiger partial charge in [0.05, 0.1) is 12.1 Å². The van der Waals surface area contributed by atoms with Crippen LogP contribution in [0.1, 0.15) is 15.9 Å². The Morgan fingerprint density at radius 1 is 0.733 bits per heavy atom. The lowest BCUT2D eigenvalue weighted by Gasteiger charge is -2.12. The molecule has 0 spiro atoms. The first-order valence-electron chi connectivity index (χ1n) is 9.95. The predicted octanol–water partition coefficient (Wildman–Crippen LogP) is 5.23. The lowest BCUT2D eigenvalue weighted by atomic mass is 10.1. The minimum Gasteiger partial charge on any atom is -0.492 e. The van der Waals surface area contributed by atoms with E-state index in [2.05, 4.69) is 17.4 Å². The number of rotatable bonds is 8. The van der Waals surface area contributed by atoms with Crippen molar-refractivity contribution in [2.24, 2.45) is 0 Å². The van der Waals surface area contributed by atoms with Crippen LogP contribution in [0.3, 0.4) is 0 Å². The van der Waals surface area contributed by atoms with Gasteiger partial charge in [-0.25, -0.2) is 0 Å². The maximum Gasteiger partial charge on any atom is 0.255 e. The van der Waals surface area contributed by atoms with E-state index < -0.39 is 0 Å².